The van der Waals surface area contributed by atoms with Gasteiger partial charge in [-0.1, -0.05) is 19.3 Å². The van der Waals surface area contributed by atoms with Crippen LogP contribution in [0.15, 0.2) is 0 Å². The molecule has 2 fully saturated rings. The highest BCUT2D eigenvalue weighted by Gasteiger charge is 2.31. The van der Waals surface area contributed by atoms with Gasteiger partial charge in [-0.2, -0.15) is 0 Å². The van der Waals surface area contributed by atoms with E-state index in [2.05, 4.69) is 29.4 Å². The molecule has 104 valence electrons. The maximum absolute atomic E-state index is 12.1. The summed E-state index contributed by atoms with van der Waals surface area (Å²) in [5, 5.41) is 6.59. The normalized spacial score (nSPS) is 25.9. The van der Waals surface area contributed by atoms with E-state index in [1.807, 2.05) is 0 Å². The summed E-state index contributed by atoms with van der Waals surface area (Å²) in [7, 11) is 0. The second-order valence-electron chi connectivity index (χ2n) is 6.31. The SMILES string of the molecule is CC1(C)CNCCN1CC(=O)NC1CCCCC1. The van der Waals surface area contributed by atoms with Crippen LogP contribution in [0.25, 0.3) is 0 Å². The molecule has 0 aromatic carbocycles. The molecule has 0 unspecified atom stereocenters. The van der Waals surface area contributed by atoms with Crippen LogP contribution in [0.1, 0.15) is 46.0 Å². The van der Waals surface area contributed by atoms with Crippen molar-refractivity contribution in [2.24, 2.45) is 0 Å². The number of hydrogen-bond donors (Lipinski definition) is 2. The van der Waals surface area contributed by atoms with E-state index in [0.717, 1.165) is 32.5 Å². The lowest BCUT2D eigenvalue weighted by molar-refractivity contribution is -0.124. The van der Waals surface area contributed by atoms with Crippen LogP contribution >= 0.6 is 0 Å². The fraction of sp³-hybridized carbons (Fsp3) is 0.929. The smallest absolute Gasteiger partial charge is 0.234 e. The summed E-state index contributed by atoms with van der Waals surface area (Å²) in [4.78, 5) is 14.4. The lowest BCUT2D eigenvalue weighted by Gasteiger charge is -2.42. The molecule has 0 radical (unpaired) electrons. The van der Waals surface area contributed by atoms with Crippen molar-refractivity contribution >= 4 is 5.91 Å². The maximum Gasteiger partial charge on any atom is 0.234 e. The van der Waals surface area contributed by atoms with Crippen molar-refractivity contribution in [2.45, 2.75) is 57.5 Å². The number of nitrogens with zero attached hydrogens (tertiary/aromatic N) is 1. The Morgan fingerprint density at radius 3 is 2.72 bits per heavy atom. The van der Waals surface area contributed by atoms with E-state index in [1.165, 1.54) is 19.3 Å². The van der Waals surface area contributed by atoms with Crippen LogP contribution in [0.2, 0.25) is 0 Å². The Bertz CT molecular complexity index is 285. The van der Waals surface area contributed by atoms with Crippen LogP contribution in [0.5, 0.6) is 0 Å². The predicted octanol–water partition coefficient (Wildman–Crippen LogP) is 1.12. The van der Waals surface area contributed by atoms with Crippen LogP contribution in [-0.2, 0) is 4.79 Å². The molecule has 1 saturated carbocycles. The van der Waals surface area contributed by atoms with Gasteiger partial charge in [-0.05, 0) is 26.7 Å². The van der Waals surface area contributed by atoms with E-state index in [9.17, 15) is 4.79 Å². The molecule has 2 N–H and O–H groups in total. The van der Waals surface area contributed by atoms with E-state index < -0.39 is 0 Å². The van der Waals surface area contributed by atoms with Gasteiger partial charge in [-0.25, -0.2) is 0 Å². The first-order valence-corrected chi connectivity index (χ1v) is 7.33. The molecule has 0 atom stereocenters. The van der Waals surface area contributed by atoms with Crippen LogP contribution in [-0.4, -0.2) is 48.6 Å². The van der Waals surface area contributed by atoms with E-state index in [0.29, 0.717) is 12.6 Å². The van der Waals surface area contributed by atoms with Gasteiger partial charge < -0.3 is 10.6 Å². The topological polar surface area (TPSA) is 44.4 Å². The molecule has 0 spiro atoms. The van der Waals surface area contributed by atoms with Crippen LogP contribution in [0.3, 0.4) is 0 Å². The highest BCUT2D eigenvalue weighted by Crippen LogP contribution is 2.18. The Morgan fingerprint density at radius 2 is 2.06 bits per heavy atom. The van der Waals surface area contributed by atoms with Crippen molar-refractivity contribution in [1.82, 2.24) is 15.5 Å². The zero-order chi connectivity index (χ0) is 13.0. The number of piperazine rings is 1. The number of nitrogens with one attached hydrogen (secondary N) is 2. The average molecular weight is 253 g/mol. The van der Waals surface area contributed by atoms with Crippen molar-refractivity contribution in [1.29, 1.82) is 0 Å². The Kier molecular flexibility index (Phi) is 4.62. The number of carbonyl (C=O) groups excluding carboxylic acids is 1. The molecule has 0 bridgehead atoms. The molecular weight excluding hydrogens is 226 g/mol. The largest absolute Gasteiger partial charge is 0.352 e. The van der Waals surface area contributed by atoms with Gasteiger partial charge in [-0.15, -0.1) is 0 Å². The van der Waals surface area contributed by atoms with Gasteiger partial charge in [0.05, 0.1) is 6.54 Å². The third kappa shape index (κ3) is 3.69. The van der Waals surface area contributed by atoms with Crippen molar-refractivity contribution < 1.29 is 4.79 Å². The van der Waals surface area contributed by atoms with Crippen molar-refractivity contribution in [3.05, 3.63) is 0 Å². The number of carbonyl (C=O) groups is 1. The van der Waals surface area contributed by atoms with Crippen LogP contribution in [0, 0.1) is 0 Å². The molecule has 1 heterocycles. The average Bonchev–Trinajstić information content (AvgIpc) is 2.33. The molecule has 2 aliphatic rings. The first-order valence-electron chi connectivity index (χ1n) is 7.33. The van der Waals surface area contributed by atoms with Gasteiger partial charge in [0.1, 0.15) is 0 Å². The number of hydrogen-bond acceptors (Lipinski definition) is 3. The molecule has 18 heavy (non-hydrogen) atoms. The van der Waals surface area contributed by atoms with Crippen molar-refractivity contribution in [2.75, 3.05) is 26.2 Å². The summed E-state index contributed by atoms with van der Waals surface area (Å²) >= 11 is 0. The molecule has 0 aromatic rings. The Morgan fingerprint density at radius 1 is 1.33 bits per heavy atom. The van der Waals surface area contributed by atoms with Gasteiger partial charge in [0.25, 0.3) is 0 Å². The third-order valence-electron chi connectivity index (χ3n) is 4.28. The molecular formula is C14H27N3O. The number of rotatable bonds is 3. The van der Waals surface area contributed by atoms with Gasteiger partial charge in [0, 0.05) is 31.2 Å². The lowest BCUT2D eigenvalue weighted by Crippen LogP contribution is -2.60. The van der Waals surface area contributed by atoms with Gasteiger partial charge in [-0.3, -0.25) is 9.69 Å². The fourth-order valence-corrected chi connectivity index (χ4v) is 3.01. The van der Waals surface area contributed by atoms with Crippen molar-refractivity contribution in [3.63, 3.8) is 0 Å². The monoisotopic (exact) mass is 253 g/mol. The fourth-order valence-electron chi connectivity index (χ4n) is 3.01. The third-order valence-corrected chi connectivity index (χ3v) is 4.28. The minimum atomic E-state index is 0.0855. The second kappa shape index (κ2) is 6.02. The summed E-state index contributed by atoms with van der Waals surface area (Å²) in [6.45, 7) is 7.86. The first-order chi connectivity index (χ1) is 8.58. The minimum absolute atomic E-state index is 0.0855. The minimum Gasteiger partial charge on any atom is -0.352 e. The van der Waals surface area contributed by atoms with E-state index in [1.54, 1.807) is 0 Å². The molecule has 0 aromatic heterocycles. The summed E-state index contributed by atoms with van der Waals surface area (Å²) < 4.78 is 0. The number of amides is 1. The summed E-state index contributed by atoms with van der Waals surface area (Å²) in [6, 6.07) is 0.428. The standard InChI is InChI=1S/C14H27N3O/c1-14(2)11-15-8-9-17(14)10-13(18)16-12-6-4-3-5-7-12/h12,15H,3-11H2,1-2H3,(H,16,18). The molecule has 1 amide bonds. The Labute approximate surface area is 110 Å². The van der Waals surface area contributed by atoms with Gasteiger partial charge in [0.15, 0.2) is 0 Å². The van der Waals surface area contributed by atoms with Gasteiger partial charge in [0.2, 0.25) is 5.91 Å². The van der Waals surface area contributed by atoms with Crippen LogP contribution < -0.4 is 10.6 Å². The maximum atomic E-state index is 12.1. The van der Waals surface area contributed by atoms with Crippen molar-refractivity contribution in [3.8, 4) is 0 Å². The summed E-state index contributed by atoms with van der Waals surface area (Å²) in [5.74, 6) is 0.205. The summed E-state index contributed by atoms with van der Waals surface area (Å²) in [6.07, 6.45) is 6.19. The Balaban J connectivity index is 1.79. The quantitative estimate of drug-likeness (QED) is 0.792. The molecule has 1 aliphatic heterocycles. The molecule has 2 rings (SSSR count). The highest BCUT2D eigenvalue weighted by atomic mass is 16.2. The first kappa shape index (κ1) is 13.8. The zero-order valence-electron chi connectivity index (χ0n) is 11.8. The van der Waals surface area contributed by atoms with E-state index in [-0.39, 0.29) is 11.4 Å². The summed E-state index contributed by atoms with van der Waals surface area (Å²) in [5.41, 5.74) is 0.0855. The van der Waals surface area contributed by atoms with Crippen LogP contribution in [0.4, 0.5) is 0 Å². The molecule has 4 nitrogen and oxygen atoms in total. The Hall–Kier alpha value is -0.610. The predicted molar refractivity (Wildman–Crippen MR) is 73.5 cm³/mol. The highest BCUT2D eigenvalue weighted by molar-refractivity contribution is 5.78. The molecule has 1 aliphatic carbocycles. The molecule has 1 saturated heterocycles. The van der Waals surface area contributed by atoms with Gasteiger partial charge >= 0.3 is 0 Å². The van der Waals surface area contributed by atoms with E-state index in [4.69, 9.17) is 0 Å². The van der Waals surface area contributed by atoms with E-state index >= 15 is 0 Å². The lowest BCUT2D eigenvalue weighted by atomic mass is 9.95. The zero-order valence-corrected chi connectivity index (χ0v) is 11.8. The molecule has 4 heteroatoms. The second-order valence-corrected chi connectivity index (χ2v) is 6.31.